The molecule has 6 heteroatoms. The lowest BCUT2D eigenvalue weighted by atomic mass is 10.1. The Morgan fingerprint density at radius 2 is 0.534 bits per heavy atom. The SMILES string of the molecule is CC/C=C\C/C=C\C/C=C\C/C=C\C/C=C\C/C=C\C/C=C\C/C=C\C/C=C\CCCCCC(=O)OCC(COC(=O)CCCCCCCCCCC)OC(=O)CCCCCCC/C=C\CCCCCCCC. The molecule has 0 amide bonds. The molecule has 0 radical (unpaired) electrons. The van der Waals surface area contributed by atoms with E-state index in [1.54, 1.807) is 0 Å². The van der Waals surface area contributed by atoms with Crippen molar-refractivity contribution in [3.8, 4) is 0 Å². The molecule has 0 spiro atoms. The van der Waals surface area contributed by atoms with E-state index in [4.69, 9.17) is 14.2 Å². The van der Waals surface area contributed by atoms with Gasteiger partial charge < -0.3 is 14.2 Å². The van der Waals surface area contributed by atoms with Crippen LogP contribution >= 0.6 is 0 Å². The highest BCUT2D eigenvalue weighted by atomic mass is 16.6. The molecule has 0 aliphatic rings. The standard InChI is InChI=1S/C67H110O6/c1-4-7-10-13-16-19-21-23-25-26-27-28-29-30-31-32-33-34-35-36-37-38-39-40-42-43-45-48-51-54-57-60-66(69)72-63-64(62-71-65(68)59-56-53-50-47-18-15-12-9-6-3)73-67(70)61-58-55-52-49-46-44-41-24-22-20-17-14-11-8-5-2/h7,10,16,19,23-25,27-28,30-31,33-34,36-37,39-41,43,45,64H,4-6,8-9,11-15,17-18,20-22,26,29,32,35,38,42,44,46-63H2,1-3H3/b10-7-,19-16-,25-23-,28-27-,31-30-,34-33-,37-36-,40-39-,41-24-,45-43-. The van der Waals surface area contributed by atoms with E-state index in [1.165, 1.54) is 89.9 Å². The lowest BCUT2D eigenvalue weighted by molar-refractivity contribution is -0.167. The van der Waals surface area contributed by atoms with Crippen molar-refractivity contribution in [2.75, 3.05) is 13.2 Å². The Labute approximate surface area is 450 Å². The number of esters is 3. The third-order valence-corrected chi connectivity index (χ3v) is 12.5. The molecule has 6 nitrogen and oxygen atoms in total. The van der Waals surface area contributed by atoms with Gasteiger partial charge in [-0.15, -0.1) is 0 Å². The summed E-state index contributed by atoms with van der Waals surface area (Å²) in [6, 6.07) is 0. The number of allylic oxidation sites excluding steroid dienone is 20. The number of unbranched alkanes of at least 4 members (excludes halogenated alkanes) is 22. The average molecular weight is 1010 g/mol. The molecule has 0 N–H and O–H groups in total. The molecule has 0 aromatic carbocycles. The molecule has 0 aromatic rings. The quantitative estimate of drug-likeness (QED) is 0.0261. The summed E-state index contributed by atoms with van der Waals surface area (Å²) in [6.07, 6.45) is 83.5. The van der Waals surface area contributed by atoms with Crippen molar-refractivity contribution in [1.82, 2.24) is 0 Å². The molecule has 0 aliphatic heterocycles. The maximum Gasteiger partial charge on any atom is 0.306 e. The highest BCUT2D eigenvalue weighted by molar-refractivity contribution is 5.71. The third-order valence-electron chi connectivity index (χ3n) is 12.5. The highest BCUT2D eigenvalue weighted by Gasteiger charge is 2.19. The van der Waals surface area contributed by atoms with Crippen LogP contribution in [0.1, 0.15) is 265 Å². The minimum Gasteiger partial charge on any atom is -0.462 e. The van der Waals surface area contributed by atoms with Crippen molar-refractivity contribution < 1.29 is 28.6 Å². The summed E-state index contributed by atoms with van der Waals surface area (Å²) in [4.78, 5) is 38.0. The van der Waals surface area contributed by atoms with Crippen LogP contribution in [0, 0.1) is 0 Å². The van der Waals surface area contributed by atoms with Crippen molar-refractivity contribution in [1.29, 1.82) is 0 Å². The van der Waals surface area contributed by atoms with Crippen molar-refractivity contribution >= 4 is 17.9 Å². The summed E-state index contributed by atoms with van der Waals surface area (Å²) in [7, 11) is 0. The summed E-state index contributed by atoms with van der Waals surface area (Å²) in [6.45, 7) is 6.46. The number of hydrogen-bond acceptors (Lipinski definition) is 6. The Hall–Kier alpha value is -4.19. The van der Waals surface area contributed by atoms with Crippen LogP contribution in [-0.4, -0.2) is 37.2 Å². The van der Waals surface area contributed by atoms with Gasteiger partial charge in [0.1, 0.15) is 13.2 Å². The third kappa shape index (κ3) is 58.6. The Balaban J connectivity index is 4.31. The van der Waals surface area contributed by atoms with Crippen molar-refractivity contribution in [2.24, 2.45) is 0 Å². The Morgan fingerprint density at radius 1 is 0.288 bits per heavy atom. The molecule has 0 bridgehead atoms. The second kappa shape index (κ2) is 60.4. The molecule has 0 heterocycles. The van der Waals surface area contributed by atoms with Crippen LogP contribution in [0.3, 0.4) is 0 Å². The van der Waals surface area contributed by atoms with Crippen LogP contribution in [0.15, 0.2) is 122 Å². The second-order valence-corrected chi connectivity index (χ2v) is 19.5. The zero-order valence-electron chi connectivity index (χ0n) is 47.4. The summed E-state index contributed by atoms with van der Waals surface area (Å²) in [5, 5.41) is 0. The topological polar surface area (TPSA) is 78.9 Å². The Bertz CT molecular complexity index is 1540. The van der Waals surface area contributed by atoms with E-state index in [-0.39, 0.29) is 31.1 Å². The smallest absolute Gasteiger partial charge is 0.306 e. The van der Waals surface area contributed by atoms with Crippen LogP contribution in [0.25, 0.3) is 0 Å². The molecule has 0 fully saturated rings. The minimum atomic E-state index is -0.796. The van der Waals surface area contributed by atoms with E-state index in [2.05, 4.69) is 142 Å². The van der Waals surface area contributed by atoms with Crippen molar-refractivity contribution in [2.45, 2.75) is 271 Å². The van der Waals surface area contributed by atoms with Gasteiger partial charge in [0.2, 0.25) is 0 Å². The summed E-state index contributed by atoms with van der Waals surface area (Å²) in [5.74, 6) is -0.939. The van der Waals surface area contributed by atoms with Gasteiger partial charge in [-0.05, 0) is 116 Å². The van der Waals surface area contributed by atoms with Crippen molar-refractivity contribution in [3.05, 3.63) is 122 Å². The molecule has 0 saturated carbocycles. The zero-order chi connectivity index (χ0) is 52.9. The number of rotatable bonds is 53. The van der Waals surface area contributed by atoms with Gasteiger partial charge in [0.15, 0.2) is 6.10 Å². The van der Waals surface area contributed by atoms with Crippen LogP contribution in [0.4, 0.5) is 0 Å². The van der Waals surface area contributed by atoms with Crippen LogP contribution in [-0.2, 0) is 28.6 Å². The number of ether oxygens (including phenoxy) is 3. The van der Waals surface area contributed by atoms with Crippen LogP contribution in [0.2, 0.25) is 0 Å². The fourth-order valence-corrected chi connectivity index (χ4v) is 7.96. The second-order valence-electron chi connectivity index (χ2n) is 19.5. The van der Waals surface area contributed by atoms with E-state index >= 15 is 0 Å². The van der Waals surface area contributed by atoms with E-state index in [1.807, 2.05) is 0 Å². The lowest BCUT2D eigenvalue weighted by Gasteiger charge is -2.18. The van der Waals surface area contributed by atoms with Gasteiger partial charge in [0, 0.05) is 19.3 Å². The monoisotopic (exact) mass is 1010 g/mol. The van der Waals surface area contributed by atoms with E-state index < -0.39 is 6.10 Å². The molecule has 0 aliphatic carbocycles. The highest BCUT2D eigenvalue weighted by Crippen LogP contribution is 2.14. The molecule has 1 unspecified atom stereocenters. The molecular formula is C67H110O6. The predicted octanol–water partition coefficient (Wildman–Crippen LogP) is 20.4. The first kappa shape index (κ1) is 68.8. The molecule has 73 heavy (non-hydrogen) atoms. The van der Waals surface area contributed by atoms with Gasteiger partial charge in [-0.25, -0.2) is 0 Å². The molecular weight excluding hydrogens is 901 g/mol. The van der Waals surface area contributed by atoms with Gasteiger partial charge in [0.25, 0.3) is 0 Å². The maximum atomic E-state index is 12.8. The Morgan fingerprint density at radius 3 is 0.863 bits per heavy atom. The van der Waals surface area contributed by atoms with E-state index in [9.17, 15) is 14.4 Å². The number of hydrogen-bond donors (Lipinski definition) is 0. The maximum absolute atomic E-state index is 12.8. The zero-order valence-corrected chi connectivity index (χ0v) is 47.4. The molecule has 0 rings (SSSR count). The number of carbonyl (C=O) groups excluding carboxylic acids is 3. The summed E-state index contributed by atoms with van der Waals surface area (Å²) < 4.78 is 16.8. The van der Waals surface area contributed by atoms with Gasteiger partial charge in [-0.3, -0.25) is 14.4 Å². The largest absolute Gasteiger partial charge is 0.462 e. The first-order chi connectivity index (χ1) is 36.0. The predicted molar refractivity (Wildman–Crippen MR) is 316 cm³/mol. The van der Waals surface area contributed by atoms with Gasteiger partial charge in [-0.1, -0.05) is 251 Å². The van der Waals surface area contributed by atoms with Crippen LogP contribution in [0.5, 0.6) is 0 Å². The number of carbonyl (C=O) groups is 3. The van der Waals surface area contributed by atoms with Gasteiger partial charge in [-0.2, -0.15) is 0 Å². The van der Waals surface area contributed by atoms with E-state index in [0.29, 0.717) is 19.3 Å². The first-order valence-electron chi connectivity index (χ1n) is 30.0. The van der Waals surface area contributed by atoms with Gasteiger partial charge in [0.05, 0.1) is 0 Å². The lowest BCUT2D eigenvalue weighted by Crippen LogP contribution is -2.30. The molecule has 414 valence electrons. The average Bonchev–Trinajstić information content (AvgIpc) is 3.39. The Kier molecular flexibility index (Phi) is 56.9. The molecule has 0 saturated heterocycles. The minimum absolute atomic E-state index is 0.0923. The molecule has 1 atom stereocenters. The van der Waals surface area contributed by atoms with E-state index in [0.717, 1.165) is 135 Å². The summed E-state index contributed by atoms with van der Waals surface area (Å²) in [5.41, 5.74) is 0. The molecule has 0 aromatic heterocycles. The first-order valence-corrected chi connectivity index (χ1v) is 30.0. The van der Waals surface area contributed by atoms with Crippen LogP contribution < -0.4 is 0 Å². The fraction of sp³-hybridized carbons (Fsp3) is 0.657. The van der Waals surface area contributed by atoms with Gasteiger partial charge >= 0.3 is 17.9 Å². The fourth-order valence-electron chi connectivity index (χ4n) is 7.96. The summed E-state index contributed by atoms with van der Waals surface area (Å²) >= 11 is 0. The normalized spacial score (nSPS) is 13.0. The van der Waals surface area contributed by atoms with Crippen molar-refractivity contribution in [3.63, 3.8) is 0 Å².